The molecule has 0 aromatic carbocycles. The maximum absolute atomic E-state index is 12.6. The molecule has 3 aliphatic rings. The van der Waals surface area contributed by atoms with Crippen molar-refractivity contribution in [1.82, 2.24) is 0 Å². The summed E-state index contributed by atoms with van der Waals surface area (Å²) in [6.07, 6.45) is 2.92. The van der Waals surface area contributed by atoms with Gasteiger partial charge in [-0.15, -0.1) is 0 Å². The van der Waals surface area contributed by atoms with Gasteiger partial charge in [0.2, 0.25) is 0 Å². The van der Waals surface area contributed by atoms with Crippen LogP contribution in [0.15, 0.2) is 0 Å². The van der Waals surface area contributed by atoms with Crippen LogP contribution in [0.1, 0.15) is 40.0 Å². The molecule has 1 heterocycles. The maximum atomic E-state index is 12.6. The molecule has 1 aliphatic heterocycles. The van der Waals surface area contributed by atoms with Gasteiger partial charge in [-0.05, 0) is 30.6 Å². The number of hydrogen-bond acceptors (Lipinski definition) is 5. The number of rotatable bonds is 6. The number of Topliss-reactive ketones (excluding diaryl/α,β-unsaturated/α-hetero) is 1. The molecule has 0 amide bonds. The number of ether oxygens (including phenoxy) is 4. The fraction of sp³-hybridized carbons (Fsp3) is 0.941. The normalized spacial score (nSPS) is 42.6. The van der Waals surface area contributed by atoms with Gasteiger partial charge < -0.3 is 18.9 Å². The summed E-state index contributed by atoms with van der Waals surface area (Å²) in [6.45, 7) is 7.99. The minimum absolute atomic E-state index is 0.0514. The lowest BCUT2D eigenvalue weighted by molar-refractivity contribution is -0.183. The lowest BCUT2D eigenvalue weighted by Gasteiger charge is -2.54. The van der Waals surface area contributed by atoms with Gasteiger partial charge in [-0.3, -0.25) is 4.79 Å². The van der Waals surface area contributed by atoms with Crippen molar-refractivity contribution in [1.29, 1.82) is 0 Å². The van der Waals surface area contributed by atoms with Gasteiger partial charge in [0, 0.05) is 12.5 Å². The Kier molecular flexibility index (Phi) is 4.36. The molecule has 0 aromatic rings. The van der Waals surface area contributed by atoms with E-state index in [1.807, 2.05) is 0 Å². The summed E-state index contributed by atoms with van der Waals surface area (Å²) < 4.78 is 22.0. The largest absolute Gasteiger partial charge is 0.382 e. The van der Waals surface area contributed by atoms with Crippen molar-refractivity contribution < 1.29 is 23.7 Å². The first-order valence-electron chi connectivity index (χ1n) is 8.29. The Labute approximate surface area is 132 Å². The molecule has 5 nitrogen and oxygen atoms in total. The Hall–Kier alpha value is -0.490. The minimum Gasteiger partial charge on any atom is -0.382 e. The number of methoxy groups -OCH3 is 1. The second-order valence-corrected chi connectivity index (χ2v) is 7.70. The van der Waals surface area contributed by atoms with Crippen molar-refractivity contribution >= 4 is 5.78 Å². The van der Waals surface area contributed by atoms with E-state index in [0.29, 0.717) is 24.9 Å². The smallest absolute Gasteiger partial charge is 0.170 e. The third kappa shape index (κ3) is 2.62. The third-order valence-electron chi connectivity index (χ3n) is 6.08. The van der Waals surface area contributed by atoms with Crippen LogP contribution in [0.3, 0.4) is 0 Å². The highest BCUT2D eigenvalue weighted by Crippen LogP contribution is 2.60. The van der Waals surface area contributed by atoms with Crippen molar-refractivity contribution in [2.45, 2.75) is 58.3 Å². The summed E-state index contributed by atoms with van der Waals surface area (Å²) in [7, 11) is 1.66. The molecular formula is C17H28O5. The van der Waals surface area contributed by atoms with Gasteiger partial charge in [0.05, 0.1) is 25.4 Å². The highest BCUT2D eigenvalue weighted by Gasteiger charge is 2.65. The quantitative estimate of drug-likeness (QED) is 0.427. The molecule has 0 aromatic heterocycles. The Morgan fingerprint density at radius 1 is 1.27 bits per heavy atom. The first-order chi connectivity index (χ1) is 10.4. The molecule has 2 aliphatic carbocycles. The van der Waals surface area contributed by atoms with Crippen LogP contribution in [-0.4, -0.2) is 51.2 Å². The molecule has 3 rings (SSSR count). The first-order valence-corrected chi connectivity index (χ1v) is 8.29. The van der Waals surface area contributed by atoms with Gasteiger partial charge in [-0.2, -0.15) is 0 Å². The monoisotopic (exact) mass is 312 g/mol. The summed E-state index contributed by atoms with van der Waals surface area (Å²) in [5, 5.41) is 0. The van der Waals surface area contributed by atoms with Crippen LogP contribution in [0, 0.1) is 16.7 Å². The highest BCUT2D eigenvalue weighted by atomic mass is 16.7. The zero-order valence-corrected chi connectivity index (χ0v) is 14.1. The topological polar surface area (TPSA) is 57.3 Å². The average Bonchev–Trinajstić information content (AvgIpc) is 3.24. The molecule has 3 fully saturated rings. The molecule has 5 heteroatoms. The van der Waals surface area contributed by atoms with Crippen LogP contribution in [0.25, 0.3) is 0 Å². The van der Waals surface area contributed by atoms with Crippen LogP contribution < -0.4 is 0 Å². The van der Waals surface area contributed by atoms with Crippen LogP contribution in [0.2, 0.25) is 0 Å². The van der Waals surface area contributed by atoms with Crippen molar-refractivity contribution in [2.75, 3.05) is 27.1 Å². The Morgan fingerprint density at radius 2 is 2.05 bits per heavy atom. The van der Waals surface area contributed by atoms with Crippen LogP contribution >= 0.6 is 0 Å². The van der Waals surface area contributed by atoms with Crippen molar-refractivity contribution in [3.8, 4) is 0 Å². The molecule has 0 spiro atoms. The lowest BCUT2D eigenvalue weighted by Crippen LogP contribution is -2.57. The van der Waals surface area contributed by atoms with E-state index >= 15 is 0 Å². The van der Waals surface area contributed by atoms with Gasteiger partial charge in [-0.1, -0.05) is 20.8 Å². The SMILES string of the molecule is COCCOCO[C@H]1CC[C@@]2(C)C(=O)C3OC3C[C@@H]2C1(C)C. The summed E-state index contributed by atoms with van der Waals surface area (Å²) >= 11 is 0. The molecule has 22 heavy (non-hydrogen) atoms. The van der Waals surface area contributed by atoms with E-state index in [1.54, 1.807) is 7.11 Å². The van der Waals surface area contributed by atoms with E-state index in [4.69, 9.17) is 18.9 Å². The van der Waals surface area contributed by atoms with Crippen molar-refractivity contribution in [2.24, 2.45) is 16.7 Å². The second kappa shape index (κ2) is 5.86. The molecule has 0 bridgehead atoms. The number of hydrogen-bond donors (Lipinski definition) is 0. The first kappa shape index (κ1) is 16.4. The third-order valence-corrected chi connectivity index (χ3v) is 6.08. The Bertz CT molecular complexity index is 435. The van der Waals surface area contributed by atoms with Gasteiger partial charge in [-0.25, -0.2) is 0 Å². The predicted molar refractivity (Wildman–Crippen MR) is 80.5 cm³/mol. The van der Waals surface area contributed by atoms with Gasteiger partial charge in [0.25, 0.3) is 0 Å². The van der Waals surface area contributed by atoms with E-state index in [1.165, 1.54) is 0 Å². The Balaban J connectivity index is 1.63. The number of fused-ring (bicyclic) bond motifs is 2. The number of ketones is 1. The molecule has 2 unspecified atom stereocenters. The summed E-state index contributed by atoms with van der Waals surface area (Å²) in [5.41, 5.74) is -0.303. The highest BCUT2D eigenvalue weighted by molar-refractivity contribution is 5.92. The lowest BCUT2D eigenvalue weighted by atomic mass is 9.50. The molecule has 5 atom stereocenters. The standard InChI is InChI=1S/C17H28O5/c1-16(2)12-9-11-14(22-11)15(18)17(12,3)6-5-13(16)21-10-20-8-7-19-4/h11-14H,5-10H2,1-4H3/t11?,12-,13+,14?,17-/m1/s1. The predicted octanol–water partition coefficient (Wildman–Crippen LogP) is 2.17. The van der Waals surface area contributed by atoms with Gasteiger partial charge in [0.1, 0.15) is 12.9 Å². The average molecular weight is 312 g/mol. The maximum Gasteiger partial charge on any atom is 0.170 e. The van der Waals surface area contributed by atoms with Gasteiger partial charge >= 0.3 is 0 Å². The zero-order valence-electron chi connectivity index (χ0n) is 14.1. The molecular weight excluding hydrogens is 284 g/mol. The molecule has 0 radical (unpaired) electrons. The second-order valence-electron chi connectivity index (χ2n) is 7.70. The number of carbonyl (C=O) groups excluding carboxylic acids is 1. The number of epoxide rings is 1. The van der Waals surface area contributed by atoms with Crippen molar-refractivity contribution in [3.63, 3.8) is 0 Å². The molecule has 2 saturated carbocycles. The van der Waals surface area contributed by atoms with Gasteiger partial charge in [0.15, 0.2) is 5.78 Å². The molecule has 126 valence electrons. The fourth-order valence-electron chi connectivity index (χ4n) is 4.62. The summed E-state index contributed by atoms with van der Waals surface area (Å²) in [6, 6.07) is 0. The van der Waals surface area contributed by atoms with E-state index in [0.717, 1.165) is 19.3 Å². The summed E-state index contributed by atoms with van der Waals surface area (Å²) in [5.74, 6) is 0.630. The van der Waals surface area contributed by atoms with Crippen molar-refractivity contribution in [3.05, 3.63) is 0 Å². The molecule has 0 N–H and O–H groups in total. The van der Waals surface area contributed by atoms with E-state index in [-0.39, 0.29) is 35.9 Å². The van der Waals surface area contributed by atoms with Crippen LogP contribution in [0.4, 0.5) is 0 Å². The zero-order chi connectivity index (χ0) is 16.0. The minimum atomic E-state index is -0.252. The van der Waals surface area contributed by atoms with E-state index in [9.17, 15) is 4.79 Å². The molecule has 1 saturated heterocycles. The van der Waals surface area contributed by atoms with Crippen LogP contribution in [-0.2, 0) is 23.7 Å². The Morgan fingerprint density at radius 3 is 2.77 bits per heavy atom. The van der Waals surface area contributed by atoms with Crippen LogP contribution in [0.5, 0.6) is 0 Å². The van der Waals surface area contributed by atoms with E-state index in [2.05, 4.69) is 20.8 Å². The fourth-order valence-corrected chi connectivity index (χ4v) is 4.62. The number of carbonyl (C=O) groups is 1. The van der Waals surface area contributed by atoms with E-state index < -0.39 is 0 Å². The summed E-state index contributed by atoms with van der Waals surface area (Å²) in [4.78, 5) is 12.6.